The number of nitrogens with zero attached hydrogens (tertiary/aromatic N) is 1. The Morgan fingerprint density at radius 3 is 2.07 bits per heavy atom. The van der Waals surface area contributed by atoms with E-state index in [-0.39, 0.29) is 5.91 Å². The summed E-state index contributed by atoms with van der Waals surface area (Å²) in [5, 5.41) is 8.90. The SMILES string of the molecule is CCCCCCCCCC(=O)N/N=C/c1c2ccccc2cc2ccccc12. The fraction of sp³-hybridized carbons (Fsp3) is 0.360. The molecular formula is C25H30N2O. The Hall–Kier alpha value is -2.68. The van der Waals surface area contributed by atoms with Crippen LogP contribution >= 0.6 is 0 Å². The Kier molecular flexibility index (Phi) is 7.60. The summed E-state index contributed by atoms with van der Waals surface area (Å²) in [6.07, 6.45) is 10.8. The Bertz CT molecular complexity index is 892. The van der Waals surface area contributed by atoms with E-state index in [0.29, 0.717) is 6.42 Å². The molecule has 0 spiro atoms. The molecule has 3 aromatic rings. The molecule has 0 saturated heterocycles. The van der Waals surface area contributed by atoms with Crippen LogP contribution in [0.1, 0.15) is 63.9 Å². The van der Waals surface area contributed by atoms with E-state index in [4.69, 9.17) is 0 Å². The molecule has 0 aliphatic heterocycles. The number of hydrazone groups is 1. The maximum absolute atomic E-state index is 12.1. The molecule has 0 radical (unpaired) electrons. The molecule has 0 aromatic heterocycles. The highest BCUT2D eigenvalue weighted by atomic mass is 16.2. The van der Waals surface area contributed by atoms with Gasteiger partial charge in [0, 0.05) is 12.0 Å². The maximum Gasteiger partial charge on any atom is 0.240 e. The van der Waals surface area contributed by atoms with E-state index in [1.165, 1.54) is 42.9 Å². The van der Waals surface area contributed by atoms with E-state index in [9.17, 15) is 4.79 Å². The molecular weight excluding hydrogens is 344 g/mol. The van der Waals surface area contributed by atoms with Crippen molar-refractivity contribution in [3.05, 3.63) is 60.2 Å². The second-order valence-corrected chi connectivity index (χ2v) is 7.40. The second-order valence-electron chi connectivity index (χ2n) is 7.40. The Morgan fingerprint density at radius 1 is 0.857 bits per heavy atom. The fourth-order valence-corrected chi connectivity index (χ4v) is 3.66. The summed E-state index contributed by atoms with van der Waals surface area (Å²) in [7, 11) is 0. The zero-order valence-electron chi connectivity index (χ0n) is 16.8. The number of carbonyl (C=O) groups is 1. The minimum atomic E-state index is -0.00523. The van der Waals surface area contributed by atoms with Crippen molar-refractivity contribution < 1.29 is 4.79 Å². The molecule has 3 aromatic carbocycles. The van der Waals surface area contributed by atoms with Crippen molar-refractivity contribution in [1.82, 2.24) is 5.43 Å². The second kappa shape index (κ2) is 10.6. The molecule has 1 N–H and O–H groups in total. The molecule has 0 fully saturated rings. The molecule has 0 bridgehead atoms. The minimum Gasteiger partial charge on any atom is -0.273 e. The number of carbonyl (C=O) groups excluding carboxylic acids is 1. The van der Waals surface area contributed by atoms with Gasteiger partial charge in [-0.15, -0.1) is 0 Å². The molecule has 28 heavy (non-hydrogen) atoms. The summed E-state index contributed by atoms with van der Waals surface area (Å²) in [6.45, 7) is 2.23. The van der Waals surface area contributed by atoms with Crippen LogP contribution in [-0.4, -0.2) is 12.1 Å². The highest BCUT2D eigenvalue weighted by Crippen LogP contribution is 2.27. The van der Waals surface area contributed by atoms with Crippen LogP contribution in [0, 0.1) is 0 Å². The third kappa shape index (κ3) is 5.41. The predicted molar refractivity (Wildman–Crippen MR) is 120 cm³/mol. The zero-order valence-corrected chi connectivity index (χ0v) is 16.8. The van der Waals surface area contributed by atoms with E-state index in [2.05, 4.69) is 47.8 Å². The van der Waals surface area contributed by atoms with Crippen molar-refractivity contribution in [3.8, 4) is 0 Å². The van der Waals surface area contributed by atoms with Gasteiger partial charge in [-0.1, -0.05) is 94.0 Å². The highest BCUT2D eigenvalue weighted by Gasteiger charge is 2.06. The molecule has 3 nitrogen and oxygen atoms in total. The first-order valence-electron chi connectivity index (χ1n) is 10.5. The maximum atomic E-state index is 12.1. The third-order valence-electron chi connectivity index (χ3n) is 5.20. The summed E-state index contributed by atoms with van der Waals surface area (Å²) in [4.78, 5) is 12.1. The monoisotopic (exact) mass is 374 g/mol. The fourth-order valence-electron chi connectivity index (χ4n) is 3.66. The van der Waals surface area contributed by atoms with Crippen LogP contribution in [0.25, 0.3) is 21.5 Å². The van der Waals surface area contributed by atoms with Crippen LogP contribution in [0.3, 0.4) is 0 Å². The quantitative estimate of drug-likeness (QED) is 0.185. The Morgan fingerprint density at radius 2 is 1.43 bits per heavy atom. The summed E-state index contributed by atoms with van der Waals surface area (Å²) < 4.78 is 0. The topological polar surface area (TPSA) is 41.5 Å². The summed E-state index contributed by atoms with van der Waals surface area (Å²) in [6, 6.07) is 18.8. The van der Waals surface area contributed by atoms with Gasteiger partial charge < -0.3 is 0 Å². The normalized spacial score (nSPS) is 11.5. The van der Waals surface area contributed by atoms with Gasteiger partial charge in [-0.05, 0) is 34.0 Å². The molecule has 0 saturated carbocycles. The van der Waals surface area contributed by atoms with Gasteiger partial charge in [0.1, 0.15) is 0 Å². The van der Waals surface area contributed by atoms with Crippen LogP contribution in [0.15, 0.2) is 59.7 Å². The number of unbranched alkanes of at least 4 members (excludes halogenated alkanes) is 6. The summed E-state index contributed by atoms with van der Waals surface area (Å²) in [5.41, 5.74) is 3.75. The van der Waals surface area contributed by atoms with Crippen LogP contribution in [0.5, 0.6) is 0 Å². The first-order valence-corrected chi connectivity index (χ1v) is 10.5. The van der Waals surface area contributed by atoms with Gasteiger partial charge in [-0.2, -0.15) is 5.10 Å². The van der Waals surface area contributed by atoms with E-state index in [1.54, 1.807) is 6.21 Å². The van der Waals surface area contributed by atoms with E-state index >= 15 is 0 Å². The molecule has 0 aliphatic carbocycles. The van der Waals surface area contributed by atoms with Crippen molar-refractivity contribution in [2.45, 2.75) is 58.3 Å². The zero-order chi connectivity index (χ0) is 19.6. The smallest absolute Gasteiger partial charge is 0.240 e. The van der Waals surface area contributed by atoms with Crippen LogP contribution in [-0.2, 0) is 4.79 Å². The number of amides is 1. The number of rotatable bonds is 10. The standard InChI is InChI=1S/C25H30N2O/c1-2-3-4-5-6-7-8-17-25(28)27-26-19-24-22-15-11-9-13-20(22)18-21-14-10-12-16-23(21)24/h9-16,18-19H,2-8,17H2,1H3,(H,27,28)/b26-19+. The Labute approximate surface area is 167 Å². The molecule has 0 heterocycles. The lowest BCUT2D eigenvalue weighted by molar-refractivity contribution is -0.121. The predicted octanol–water partition coefficient (Wildman–Crippen LogP) is 6.58. The third-order valence-corrected chi connectivity index (χ3v) is 5.20. The lowest BCUT2D eigenvalue weighted by Gasteiger charge is -2.08. The lowest BCUT2D eigenvalue weighted by atomic mass is 9.97. The van der Waals surface area contributed by atoms with Gasteiger partial charge in [-0.3, -0.25) is 4.79 Å². The number of benzene rings is 3. The van der Waals surface area contributed by atoms with Gasteiger partial charge in [0.25, 0.3) is 0 Å². The molecule has 0 aliphatic rings. The van der Waals surface area contributed by atoms with Gasteiger partial charge in [0.05, 0.1) is 6.21 Å². The molecule has 3 rings (SSSR count). The number of nitrogens with one attached hydrogen (secondary N) is 1. The minimum absolute atomic E-state index is 0.00523. The average Bonchev–Trinajstić information content (AvgIpc) is 2.72. The molecule has 146 valence electrons. The van der Waals surface area contributed by atoms with E-state index in [0.717, 1.165) is 29.2 Å². The van der Waals surface area contributed by atoms with Crippen LogP contribution in [0.4, 0.5) is 0 Å². The van der Waals surface area contributed by atoms with Crippen molar-refractivity contribution in [1.29, 1.82) is 0 Å². The van der Waals surface area contributed by atoms with Gasteiger partial charge >= 0.3 is 0 Å². The van der Waals surface area contributed by atoms with E-state index in [1.807, 2.05) is 24.3 Å². The van der Waals surface area contributed by atoms with Gasteiger partial charge in [-0.25, -0.2) is 5.43 Å². The summed E-state index contributed by atoms with van der Waals surface area (Å²) >= 11 is 0. The number of hydrogen-bond acceptors (Lipinski definition) is 2. The van der Waals surface area contributed by atoms with Crippen molar-refractivity contribution in [2.24, 2.45) is 5.10 Å². The van der Waals surface area contributed by atoms with Crippen molar-refractivity contribution >= 4 is 33.7 Å². The van der Waals surface area contributed by atoms with E-state index < -0.39 is 0 Å². The lowest BCUT2D eigenvalue weighted by Crippen LogP contribution is -2.16. The Balaban J connectivity index is 1.59. The molecule has 0 unspecified atom stereocenters. The first-order chi connectivity index (χ1) is 13.8. The van der Waals surface area contributed by atoms with Crippen LogP contribution < -0.4 is 5.43 Å². The highest BCUT2D eigenvalue weighted by molar-refractivity contribution is 6.13. The average molecular weight is 375 g/mol. The van der Waals surface area contributed by atoms with Gasteiger partial charge in [0.2, 0.25) is 5.91 Å². The molecule has 1 amide bonds. The van der Waals surface area contributed by atoms with Crippen molar-refractivity contribution in [3.63, 3.8) is 0 Å². The first kappa shape index (κ1) is 20.1. The molecule has 0 atom stereocenters. The van der Waals surface area contributed by atoms with Crippen LogP contribution in [0.2, 0.25) is 0 Å². The molecule has 3 heteroatoms. The van der Waals surface area contributed by atoms with Gasteiger partial charge in [0.15, 0.2) is 0 Å². The van der Waals surface area contributed by atoms with Crippen molar-refractivity contribution in [2.75, 3.05) is 0 Å². The summed E-state index contributed by atoms with van der Waals surface area (Å²) in [5.74, 6) is -0.00523. The number of hydrogen-bond donors (Lipinski definition) is 1. The number of fused-ring (bicyclic) bond motifs is 2. The largest absolute Gasteiger partial charge is 0.273 e.